The maximum Gasteiger partial charge on any atom is 0.347 e. The summed E-state index contributed by atoms with van der Waals surface area (Å²) in [6.07, 6.45) is 1.05. The first kappa shape index (κ1) is 27.3. The molecule has 0 radical (unpaired) electrons. The van der Waals surface area contributed by atoms with E-state index in [1.165, 1.54) is 18.2 Å². The number of pyridine rings is 1. The summed E-state index contributed by atoms with van der Waals surface area (Å²) >= 11 is 0. The van der Waals surface area contributed by atoms with Crippen LogP contribution in [0.4, 0.5) is 4.39 Å². The maximum atomic E-state index is 13.5. The highest BCUT2D eigenvalue weighted by Gasteiger charge is 2.23. The molecule has 8 heteroatoms. The average Bonchev–Trinajstić information content (AvgIpc) is 2.96. The maximum absolute atomic E-state index is 13.5. The fraction of sp³-hybridized carbons (Fsp3) is 0.194. The van der Waals surface area contributed by atoms with Crippen LogP contribution in [0.15, 0.2) is 97.2 Å². The van der Waals surface area contributed by atoms with Crippen molar-refractivity contribution in [2.45, 2.75) is 19.4 Å². The molecule has 0 spiro atoms. The Kier molecular flexibility index (Phi) is 9.61. The van der Waals surface area contributed by atoms with E-state index in [1.54, 1.807) is 43.5 Å². The van der Waals surface area contributed by atoms with Crippen LogP contribution in [0.2, 0.25) is 0 Å². The molecule has 7 nitrogen and oxygen atoms in total. The smallest absolute Gasteiger partial charge is 0.347 e. The van der Waals surface area contributed by atoms with Crippen LogP contribution in [0.5, 0.6) is 11.5 Å². The van der Waals surface area contributed by atoms with E-state index in [1.807, 2.05) is 42.5 Å². The minimum atomic E-state index is -0.924. The first-order valence-electron chi connectivity index (χ1n) is 12.6. The molecule has 0 fully saturated rings. The van der Waals surface area contributed by atoms with Gasteiger partial charge in [-0.05, 0) is 61.0 Å². The van der Waals surface area contributed by atoms with Gasteiger partial charge in [-0.15, -0.1) is 0 Å². The fourth-order valence-corrected chi connectivity index (χ4v) is 3.81. The normalized spacial score (nSPS) is 11.3. The number of carbonyl (C=O) groups is 2. The number of ether oxygens (including phenoxy) is 3. The minimum Gasteiger partial charge on any atom is -0.492 e. The first-order chi connectivity index (χ1) is 19.0. The second-order valence-electron chi connectivity index (χ2n) is 8.56. The summed E-state index contributed by atoms with van der Waals surface area (Å²) in [6, 6.07) is 25.8. The van der Waals surface area contributed by atoms with Crippen molar-refractivity contribution in [3.63, 3.8) is 0 Å². The molecule has 4 rings (SSSR count). The van der Waals surface area contributed by atoms with Crippen molar-refractivity contribution in [3.05, 3.63) is 114 Å². The molecule has 39 heavy (non-hydrogen) atoms. The number of benzene rings is 3. The Labute approximate surface area is 226 Å². The number of esters is 1. The zero-order valence-electron chi connectivity index (χ0n) is 21.5. The monoisotopic (exact) mass is 528 g/mol. The molecule has 200 valence electrons. The number of nitrogens with zero attached hydrogens (tertiary/aromatic N) is 1. The third-order valence-electron chi connectivity index (χ3n) is 5.73. The van der Waals surface area contributed by atoms with Crippen molar-refractivity contribution in [1.82, 2.24) is 10.3 Å². The Balaban J connectivity index is 1.25. The first-order valence-corrected chi connectivity index (χ1v) is 12.6. The predicted octanol–water partition coefficient (Wildman–Crippen LogP) is 5.25. The summed E-state index contributed by atoms with van der Waals surface area (Å²) in [6.45, 7) is 2.53. The van der Waals surface area contributed by atoms with E-state index >= 15 is 0 Å². The van der Waals surface area contributed by atoms with E-state index in [2.05, 4.69) is 10.3 Å². The van der Waals surface area contributed by atoms with Crippen molar-refractivity contribution in [1.29, 1.82) is 0 Å². The topological polar surface area (TPSA) is 86.8 Å². The van der Waals surface area contributed by atoms with Crippen LogP contribution < -0.4 is 14.8 Å². The minimum absolute atomic E-state index is 0.190. The van der Waals surface area contributed by atoms with Gasteiger partial charge in [-0.1, -0.05) is 36.4 Å². The van der Waals surface area contributed by atoms with Gasteiger partial charge < -0.3 is 19.5 Å². The highest BCUT2D eigenvalue weighted by atomic mass is 19.1. The number of nitrogens with one attached hydrogen (secondary N) is 1. The molecule has 1 amide bonds. The summed E-state index contributed by atoms with van der Waals surface area (Å²) in [5.41, 5.74) is 3.15. The van der Waals surface area contributed by atoms with E-state index in [-0.39, 0.29) is 31.3 Å². The van der Waals surface area contributed by atoms with Gasteiger partial charge in [0.1, 0.15) is 23.9 Å². The third-order valence-corrected chi connectivity index (χ3v) is 5.73. The molecular formula is C31H29FN2O5. The molecule has 1 aromatic heterocycles. The Morgan fingerprint density at radius 2 is 1.72 bits per heavy atom. The standard InChI is InChI=1S/C31H29FN2O5/c1-2-37-31(36)29(39-27-7-5-6-25(32)21-27)20-22-9-15-26(16-10-22)38-19-18-34-30(35)24-13-11-23(12-14-24)28-8-3-4-17-33-28/h3-17,21,29H,2,18-20H2,1H3,(H,34,35). The molecular weight excluding hydrogens is 499 g/mol. The Bertz CT molecular complexity index is 1360. The van der Waals surface area contributed by atoms with Gasteiger partial charge in [0.15, 0.2) is 6.10 Å². The van der Waals surface area contributed by atoms with Crippen LogP contribution in [0.25, 0.3) is 11.3 Å². The number of carbonyl (C=O) groups excluding carboxylic acids is 2. The molecule has 0 saturated carbocycles. The number of aromatic nitrogens is 1. The molecule has 1 heterocycles. The van der Waals surface area contributed by atoms with E-state index < -0.39 is 17.9 Å². The number of rotatable bonds is 12. The highest BCUT2D eigenvalue weighted by Crippen LogP contribution is 2.19. The van der Waals surface area contributed by atoms with Gasteiger partial charge in [0.25, 0.3) is 5.91 Å². The van der Waals surface area contributed by atoms with Crippen molar-refractivity contribution >= 4 is 11.9 Å². The largest absolute Gasteiger partial charge is 0.492 e. The van der Waals surface area contributed by atoms with Gasteiger partial charge in [0.2, 0.25) is 0 Å². The molecule has 3 aromatic carbocycles. The van der Waals surface area contributed by atoms with Crippen LogP contribution >= 0.6 is 0 Å². The third kappa shape index (κ3) is 8.13. The SMILES string of the molecule is CCOC(=O)C(Cc1ccc(OCCNC(=O)c2ccc(-c3ccccn3)cc2)cc1)Oc1cccc(F)c1. The van der Waals surface area contributed by atoms with Gasteiger partial charge in [0, 0.05) is 29.8 Å². The quantitative estimate of drug-likeness (QED) is 0.200. The lowest BCUT2D eigenvalue weighted by molar-refractivity contribution is -0.151. The van der Waals surface area contributed by atoms with Crippen molar-refractivity contribution in [2.24, 2.45) is 0 Å². The van der Waals surface area contributed by atoms with Crippen molar-refractivity contribution in [3.8, 4) is 22.8 Å². The number of amides is 1. The number of hydrogen-bond acceptors (Lipinski definition) is 6. The summed E-state index contributed by atoms with van der Waals surface area (Å²) in [4.78, 5) is 29.2. The molecule has 1 N–H and O–H groups in total. The molecule has 0 aliphatic carbocycles. The van der Waals surface area contributed by atoms with Crippen LogP contribution in [0, 0.1) is 5.82 Å². The highest BCUT2D eigenvalue weighted by molar-refractivity contribution is 5.94. The zero-order chi connectivity index (χ0) is 27.5. The summed E-state index contributed by atoms with van der Waals surface area (Å²) < 4.78 is 30.1. The number of hydrogen-bond donors (Lipinski definition) is 1. The van der Waals surface area contributed by atoms with Gasteiger partial charge in [-0.2, -0.15) is 0 Å². The van der Waals surface area contributed by atoms with Crippen LogP contribution in [0.3, 0.4) is 0 Å². The summed E-state index contributed by atoms with van der Waals surface area (Å²) in [7, 11) is 0. The van der Waals surface area contributed by atoms with Gasteiger partial charge in [0.05, 0.1) is 18.8 Å². The van der Waals surface area contributed by atoms with Crippen molar-refractivity contribution < 1.29 is 28.2 Å². The molecule has 0 aliphatic rings. The van der Waals surface area contributed by atoms with Crippen LogP contribution in [-0.2, 0) is 16.0 Å². The van der Waals surface area contributed by atoms with E-state index in [0.717, 1.165) is 16.8 Å². The Morgan fingerprint density at radius 1 is 0.923 bits per heavy atom. The fourth-order valence-electron chi connectivity index (χ4n) is 3.81. The van der Waals surface area contributed by atoms with Gasteiger partial charge in [-0.3, -0.25) is 9.78 Å². The molecule has 4 aromatic rings. The molecule has 0 bridgehead atoms. The second kappa shape index (κ2) is 13.7. The lowest BCUT2D eigenvalue weighted by atomic mass is 10.1. The zero-order valence-corrected chi connectivity index (χ0v) is 21.5. The lowest BCUT2D eigenvalue weighted by Crippen LogP contribution is -2.31. The predicted molar refractivity (Wildman–Crippen MR) is 145 cm³/mol. The molecule has 0 aliphatic heterocycles. The molecule has 1 unspecified atom stereocenters. The Morgan fingerprint density at radius 3 is 2.41 bits per heavy atom. The second-order valence-corrected chi connectivity index (χ2v) is 8.56. The number of halogens is 1. The van der Waals surface area contributed by atoms with Crippen molar-refractivity contribution in [2.75, 3.05) is 19.8 Å². The molecule has 0 saturated heterocycles. The van der Waals surface area contributed by atoms with Gasteiger partial charge >= 0.3 is 5.97 Å². The van der Waals surface area contributed by atoms with E-state index in [4.69, 9.17) is 14.2 Å². The van der Waals surface area contributed by atoms with Crippen LogP contribution in [0.1, 0.15) is 22.8 Å². The molecule has 1 atom stereocenters. The summed E-state index contributed by atoms with van der Waals surface area (Å²) in [5, 5.41) is 2.84. The van der Waals surface area contributed by atoms with E-state index in [9.17, 15) is 14.0 Å². The van der Waals surface area contributed by atoms with E-state index in [0.29, 0.717) is 17.9 Å². The Hall–Kier alpha value is -4.72. The van der Waals surface area contributed by atoms with Gasteiger partial charge in [-0.25, -0.2) is 9.18 Å². The van der Waals surface area contributed by atoms with Crippen LogP contribution in [-0.4, -0.2) is 42.7 Å². The summed E-state index contributed by atoms with van der Waals surface area (Å²) in [5.74, 6) is -0.300. The average molecular weight is 529 g/mol. The lowest BCUT2D eigenvalue weighted by Gasteiger charge is -2.18.